The van der Waals surface area contributed by atoms with Gasteiger partial charge < -0.3 is 4.74 Å². The minimum atomic E-state index is 0.270. The lowest BCUT2D eigenvalue weighted by atomic mass is 10.2. The number of nitrogens with one attached hydrogen (secondary N) is 1. The lowest BCUT2D eigenvalue weighted by molar-refractivity contribution is 0.0268. The van der Waals surface area contributed by atoms with E-state index in [4.69, 9.17) is 4.74 Å². The molecule has 1 N–H and O–H groups in total. The highest BCUT2D eigenvalue weighted by Crippen LogP contribution is 2.01. The van der Waals surface area contributed by atoms with Gasteiger partial charge in [0.05, 0.1) is 0 Å². The Morgan fingerprint density at radius 2 is 1.92 bits per heavy atom. The number of ether oxygens (including phenoxy) is 1. The van der Waals surface area contributed by atoms with E-state index in [1.54, 1.807) is 0 Å². The predicted molar refractivity (Wildman–Crippen MR) is 53.2 cm³/mol. The van der Waals surface area contributed by atoms with Gasteiger partial charge in [-0.15, -0.1) is 0 Å². The molecule has 0 fully saturated rings. The van der Waals surface area contributed by atoms with Crippen LogP contribution in [0.25, 0.3) is 0 Å². The van der Waals surface area contributed by atoms with Crippen LogP contribution >= 0.6 is 0 Å². The van der Waals surface area contributed by atoms with E-state index >= 15 is 0 Å². The van der Waals surface area contributed by atoms with Crippen molar-refractivity contribution in [3.8, 4) is 0 Å². The molecular formula is C10H23NO. The van der Waals surface area contributed by atoms with Crippen molar-refractivity contribution in [3.63, 3.8) is 0 Å². The molecule has 0 amide bonds. The summed E-state index contributed by atoms with van der Waals surface area (Å²) < 4.78 is 5.62. The Hall–Kier alpha value is -0.0800. The van der Waals surface area contributed by atoms with Crippen molar-refractivity contribution in [1.29, 1.82) is 0 Å². The fraction of sp³-hybridized carbons (Fsp3) is 1.00. The molecule has 0 aromatic carbocycles. The molecule has 0 aromatic heterocycles. The van der Waals surface area contributed by atoms with Gasteiger partial charge in [-0.3, -0.25) is 5.32 Å². The zero-order chi connectivity index (χ0) is 9.23. The molecule has 0 saturated heterocycles. The van der Waals surface area contributed by atoms with Crippen molar-refractivity contribution in [3.05, 3.63) is 0 Å². The molecule has 0 aliphatic heterocycles. The third-order valence-corrected chi connectivity index (χ3v) is 1.94. The fourth-order valence-corrected chi connectivity index (χ4v) is 1.15. The monoisotopic (exact) mass is 173 g/mol. The molecule has 0 heterocycles. The van der Waals surface area contributed by atoms with Gasteiger partial charge in [-0.1, -0.05) is 33.1 Å². The van der Waals surface area contributed by atoms with Crippen LogP contribution in [0.3, 0.4) is 0 Å². The molecule has 0 aromatic rings. The Kier molecular flexibility index (Phi) is 8.95. The topological polar surface area (TPSA) is 21.3 Å². The van der Waals surface area contributed by atoms with E-state index in [1.165, 1.54) is 25.7 Å². The maximum atomic E-state index is 5.62. The van der Waals surface area contributed by atoms with Crippen molar-refractivity contribution >= 4 is 0 Å². The molecular weight excluding hydrogens is 150 g/mol. The van der Waals surface area contributed by atoms with E-state index in [0.29, 0.717) is 0 Å². The predicted octanol–water partition coefficient (Wildman–Crippen LogP) is 2.54. The lowest BCUT2D eigenvalue weighted by Crippen LogP contribution is -2.28. The first kappa shape index (κ1) is 11.9. The zero-order valence-corrected chi connectivity index (χ0v) is 8.73. The summed E-state index contributed by atoms with van der Waals surface area (Å²) in [5.74, 6) is 0. The molecule has 0 radical (unpaired) electrons. The fourth-order valence-electron chi connectivity index (χ4n) is 1.15. The molecule has 0 rings (SSSR count). The number of unbranched alkanes of at least 4 members (excludes halogenated alkanes) is 2. The Bertz CT molecular complexity index is 85.9. The third kappa shape index (κ3) is 6.62. The zero-order valence-electron chi connectivity index (χ0n) is 8.73. The quantitative estimate of drug-likeness (QED) is 0.450. The van der Waals surface area contributed by atoms with Gasteiger partial charge in [-0.25, -0.2) is 0 Å². The first-order valence-corrected chi connectivity index (χ1v) is 5.14. The average Bonchev–Trinajstić information content (AvgIpc) is 2.10. The molecule has 0 saturated carbocycles. The molecule has 12 heavy (non-hydrogen) atoms. The molecule has 0 aliphatic carbocycles. The van der Waals surface area contributed by atoms with Gasteiger partial charge in [0.15, 0.2) is 0 Å². The Morgan fingerprint density at radius 3 is 2.42 bits per heavy atom. The minimum absolute atomic E-state index is 0.270. The van der Waals surface area contributed by atoms with Crippen LogP contribution < -0.4 is 5.32 Å². The number of hydrogen-bond donors (Lipinski definition) is 1. The minimum Gasteiger partial charge on any atom is -0.363 e. The van der Waals surface area contributed by atoms with Crippen molar-refractivity contribution in [2.24, 2.45) is 0 Å². The molecule has 1 atom stereocenters. The molecule has 74 valence electrons. The van der Waals surface area contributed by atoms with E-state index in [-0.39, 0.29) is 6.23 Å². The van der Waals surface area contributed by atoms with Crippen LogP contribution in [-0.2, 0) is 4.74 Å². The smallest absolute Gasteiger partial charge is 0.107 e. The van der Waals surface area contributed by atoms with Crippen molar-refractivity contribution < 1.29 is 4.74 Å². The summed E-state index contributed by atoms with van der Waals surface area (Å²) in [6.07, 6.45) is 6.30. The summed E-state index contributed by atoms with van der Waals surface area (Å²) in [6, 6.07) is 0. The van der Waals surface area contributed by atoms with Crippen LogP contribution in [0.5, 0.6) is 0 Å². The van der Waals surface area contributed by atoms with Crippen molar-refractivity contribution in [2.75, 3.05) is 13.7 Å². The first-order chi connectivity index (χ1) is 5.85. The SMILES string of the molecule is CCCCCOC(CCC)NC. The highest BCUT2D eigenvalue weighted by atomic mass is 16.5. The maximum absolute atomic E-state index is 5.62. The highest BCUT2D eigenvalue weighted by Gasteiger charge is 2.02. The standard InChI is InChI=1S/C10H23NO/c1-4-6-7-9-12-10(11-3)8-5-2/h10-11H,4-9H2,1-3H3. The molecule has 1 unspecified atom stereocenters. The number of hydrogen-bond acceptors (Lipinski definition) is 2. The van der Waals surface area contributed by atoms with Gasteiger partial charge in [-0.2, -0.15) is 0 Å². The van der Waals surface area contributed by atoms with Crippen LogP contribution in [0.15, 0.2) is 0 Å². The van der Waals surface area contributed by atoms with Gasteiger partial charge in [0.1, 0.15) is 6.23 Å². The summed E-state index contributed by atoms with van der Waals surface area (Å²) in [5.41, 5.74) is 0. The average molecular weight is 173 g/mol. The second-order valence-electron chi connectivity index (χ2n) is 3.14. The Labute approximate surface area is 76.7 Å². The van der Waals surface area contributed by atoms with Crippen LogP contribution in [0.1, 0.15) is 46.0 Å². The summed E-state index contributed by atoms with van der Waals surface area (Å²) in [6.45, 7) is 5.29. The largest absolute Gasteiger partial charge is 0.363 e. The van der Waals surface area contributed by atoms with E-state index in [9.17, 15) is 0 Å². The van der Waals surface area contributed by atoms with Gasteiger partial charge in [-0.05, 0) is 19.9 Å². The summed E-state index contributed by atoms with van der Waals surface area (Å²) in [7, 11) is 1.96. The van der Waals surface area contributed by atoms with Gasteiger partial charge >= 0.3 is 0 Å². The van der Waals surface area contributed by atoms with Crippen LogP contribution in [0.4, 0.5) is 0 Å². The summed E-state index contributed by atoms with van der Waals surface area (Å²) >= 11 is 0. The van der Waals surface area contributed by atoms with Crippen LogP contribution in [-0.4, -0.2) is 19.9 Å². The van der Waals surface area contributed by atoms with Gasteiger partial charge in [0, 0.05) is 6.61 Å². The van der Waals surface area contributed by atoms with E-state index in [0.717, 1.165) is 13.0 Å². The molecule has 2 heteroatoms. The molecule has 0 bridgehead atoms. The first-order valence-electron chi connectivity index (χ1n) is 5.14. The van der Waals surface area contributed by atoms with E-state index in [2.05, 4.69) is 19.2 Å². The van der Waals surface area contributed by atoms with E-state index < -0.39 is 0 Å². The Morgan fingerprint density at radius 1 is 1.17 bits per heavy atom. The molecule has 0 aliphatic rings. The Balaban J connectivity index is 3.19. The van der Waals surface area contributed by atoms with Crippen molar-refractivity contribution in [1.82, 2.24) is 5.32 Å². The summed E-state index contributed by atoms with van der Waals surface area (Å²) in [4.78, 5) is 0. The molecule has 2 nitrogen and oxygen atoms in total. The van der Waals surface area contributed by atoms with Crippen molar-refractivity contribution in [2.45, 2.75) is 52.2 Å². The van der Waals surface area contributed by atoms with E-state index in [1.807, 2.05) is 7.05 Å². The maximum Gasteiger partial charge on any atom is 0.107 e. The summed E-state index contributed by atoms with van der Waals surface area (Å²) in [5, 5.41) is 3.16. The van der Waals surface area contributed by atoms with Crippen LogP contribution in [0, 0.1) is 0 Å². The number of rotatable bonds is 8. The lowest BCUT2D eigenvalue weighted by Gasteiger charge is -2.15. The normalized spacial score (nSPS) is 13.2. The molecule has 0 spiro atoms. The van der Waals surface area contributed by atoms with Crippen LogP contribution in [0.2, 0.25) is 0 Å². The van der Waals surface area contributed by atoms with Gasteiger partial charge in [0.25, 0.3) is 0 Å². The second kappa shape index (κ2) is 9.01. The highest BCUT2D eigenvalue weighted by molar-refractivity contribution is 4.50. The third-order valence-electron chi connectivity index (χ3n) is 1.94. The second-order valence-corrected chi connectivity index (χ2v) is 3.14. The van der Waals surface area contributed by atoms with Gasteiger partial charge in [0.2, 0.25) is 0 Å².